The number of nitrogens with two attached hydrogens (primary N) is 1. The van der Waals surface area contributed by atoms with Gasteiger partial charge in [0.2, 0.25) is 0 Å². The van der Waals surface area contributed by atoms with E-state index in [0.29, 0.717) is 12.5 Å². The van der Waals surface area contributed by atoms with E-state index < -0.39 is 0 Å². The van der Waals surface area contributed by atoms with Crippen LogP contribution in [0.1, 0.15) is 24.4 Å². The van der Waals surface area contributed by atoms with Crippen molar-refractivity contribution < 1.29 is 0 Å². The quantitative estimate of drug-likeness (QED) is 0.836. The van der Waals surface area contributed by atoms with E-state index in [2.05, 4.69) is 19.9 Å². The van der Waals surface area contributed by atoms with Gasteiger partial charge < -0.3 is 11.1 Å². The first kappa shape index (κ1) is 11.6. The molecule has 0 spiro atoms. The Kier molecular flexibility index (Phi) is 3.25. The minimum absolute atomic E-state index is 0.522. The second-order valence-electron chi connectivity index (χ2n) is 4.93. The summed E-state index contributed by atoms with van der Waals surface area (Å²) in [6, 6.07) is 6.01. The number of aromatic nitrogens is 3. The summed E-state index contributed by atoms with van der Waals surface area (Å²) in [4.78, 5) is 0. The molecule has 0 radical (unpaired) electrons. The Morgan fingerprint density at radius 2 is 2.11 bits per heavy atom. The summed E-state index contributed by atoms with van der Waals surface area (Å²) < 4.78 is 2.11. The molecule has 5 heteroatoms. The second-order valence-corrected chi connectivity index (χ2v) is 4.93. The zero-order valence-electron chi connectivity index (χ0n) is 10.5. The van der Waals surface area contributed by atoms with Gasteiger partial charge in [-0.2, -0.15) is 0 Å². The maximum absolute atomic E-state index is 5.79. The zero-order valence-corrected chi connectivity index (χ0v) is 10.5. The Hall–Kier alpha value is -1.46. The molecule has 18 heavy (non-hydrogen) atoms. The van der Waals surface area contributed by atoms with Gasteiger partial charge in [0.25, 0.3) is 0 Å². The largest absolute Gasteiger partial charge is 0.325 e. The molecule has 1 aliphatic heterocycles. The molecule has 96 valence electrons. The predicted octanol–water partition coefficient (Wildman–Crippen LogP) is 0.730. The highest BCUT2D eigenvalue weighted by molar-refractivity contribution is 5.40. The Labute approximate surface area is 106 Å². The van der Waals surface area contributed by atoms with E-state index in [1.165, 1.54) is 12.8 Å². The fourth-order valence-electron chi connectivity index (χ4n) is 2.71. The van der Waals surface area contributed by atoms with E-state index >= 15 is 0 Å². The molecular formula is C13H19N5. The van der Waals surface area contributed by atoms with Crippen LogP contribution in [-0.4, -0.2) is 27.7 Å². The highest BCUT2D eigenvalue weighted by atomic mass is 15.2. The molecule has 2 aromatic heterocycles. The van der Waals surface area contributed by atoms with Crippen molar-refractivity contribution in [3.63, 3.8) is 0 Å². The molecule has 0 bridgehead atoms. The van der Waals surface area contributed by atoms with Crippen LogP contribution in [0.2, 0.25) is 0 Å². The number of rotatable bonds is 3. The summed E-state index contributed by atoms with van der Waals surface area (Å²) in [6.45, 7) is 2.75. The molecule has 0 aliphatic carbocycles. The van der Waals surface area contributed by atoms with Crippen LogP contribution < -0.4 is 11.1 Å². The lowest BCUT2D eigenvalue weighted by Crippen LogP contribution is -2.29. The van der Waals surface area contributed by atoms with E-state index in [1.54, 1.807) is 0 Å². The van der Waals surface area contributed by atoms with Crippen molar-refractivity contribution >= 4 is 5.65 Å². The highest BCUT2D eigenvalue weighted by Gasteiger charge is 2.17. The van der Waals surface area contributed by atoms with Gasteiger partial charge in [-0.05, 0) is 44.0 Å². The number of fused-ring (bicyclic) bond motifs is 1. The van der Waals surface area contributed by atoms with Crippen molar-refractivity contribution in [2.75, 3.05) is 13.1 Å². The molecule has 0 amide bonds. The number of hydrogen-bond donors (Lipinski definition) is 2. The summed E-state index contributed by atoms with van der Waals surface area (Å²) in [7, 11) is 0. The van der Waals surface area contributed by atoms with Crippen LogP contribution in [0, 0.1) is 5.92 Å². The monoisotopic (exact) mass is 245 g/mol. The van der Waals surface area contributed by atoms with Crippen LogP contribution in [0.5, 0.6) is 0 Å². The molecule has 2 aromatic rings. The van der Waals surface area contributed by atoms with Gasteiger partial charge in [-0.3, -0.25) is 4.40 Å². The van der Waals surface area contributed by atoms with Crippen molar-refractivity contribution in [3.05, 3.63) is 29.7 Å². The summed E-state index contributed by atoms with van der Waals surface area (Å²) in [6.07, 6.45) is 3.44. The minimum Gasteiger partial charge on any atom is -0.325 e. The summed E-state index contributed by atoms with van der Waals surface area (Å²) >= 11 is 0. The van der Waals surface area contributed by atoms with Gasteiger partial charge >= 0.3 is 0 Å². The number of pyridine rings is 1. The lowest BCUT2D eigenvalue weighted by atomic mass is 9.94. The van der Waals surface area contributed by atoms with Gasteiger partial charge in [0.15, 0.2) is 5.65 Å². The van der Waals surface area contributed by atoms with Crippen LogP contribution >= 0.6 is 0 Å². The first-order chi connectivity index (χ1) is 8.88. The first-order valence-electron chi connectivity index (χ1n) is 6.61. The number of nitrogens with zero attached hydrogens (tertiary/aromatic N) is 3. The molecular weight excluding hydrogens is 226 g/mol. The fraction of sp³-hybridized carbons (Fsp3) is 0.538. The third-order valence-corrected chi connectivity index (χ3v) is 3.72. The van der Waals surface area contributed by atoms with Crippen molar-refractivity contribution in [1.82, 2.24) is 19.9 Å². The Bertz CT molecular complexity index is 527. The standard InChI is InChI=1S/C13H19N5/c14-9-11-2-1-3-12-16-17-13(18(11)12)8-10-4-6-15-7-5-10/h1-3,10,15H,4-9,14H2. The third-order valence-electron chi connectivity index (χ3n) is 3.72. The van der Waals surface area contributed by atoms with Crippen LogP contribution in [0.4, 0.5) is 0 Å². The van der Waals surface area contributed by atoms with Gasteiger partial charge in [0.05, 0.1) is 0 Å². The number of hydrogen-bond acceptors (Lipinski definition) is 4. The van der Waals surface area contributed by atoms with E-state index in [9.17, 15) is 0 Å². The normalized spacial score (nSPS) is 17.4. The zero-order chi connectivity index (χ0) is 12.4. The SMILES string of the molecule is NCc1cccc2nnc(CC3CCNCC3)n12. The summed E-state index contributed by atoms with van der Waals surface area (Å²) in [5, 5.41) is 12.0. The van der Waals surface area contributed by atoms with Gasteiger partial charge in [0, 0.05) is 18.7 Å². The van der Waals surface area contributed by atoms with Crippen molar-refractivity contribution in [3.8, 4) is 0 Å². The first-order valence-corrected chi connectivity index (χ1v) is 6.61. The maximum atomic E-state index is 5.79. The Morgan fingerprint density at radius 1 is 1.28 bits per heavy atom. The molecule has 0 unspecified atom stereocenters. The molecule has 1 aliphatic rings. The second kappa shape index (κ2) is 5.04. The molecule has 0 saturated carbocycles. The molecule has 3 rings (SSSR count). The molecule has 1 fully saturated rings. The molecule has 0 aromatic carbocycles. The van der Waals surface area contributed by atoms with Gasteiger partial charge in [-0.25, -0.2) is 0 Å². The molecule has 1 saturated heterocycles. The average molecular weight is 245 g/mol. The van der Waals surface area contributed by atoms with Gasteiger partial charge in [-0.1, -0.05) is 6.07 Å². The molecule has 3 heterocycles. The molecule has 3 N–H and O–H groups in total. The average Bonchev–Trinajstić information content (AvgIpc) is 2.83. The Balaban J connectivity index is 1.91. The summed E-state index contributed by atoms with van der Waals surface area (Å²) in [5.74, 6) is 1.77. The van der Waals surface area contributed by atoms with Crippen LogP contribution in [0.25, 0.3) is 5.65 Å². The maximum Gasteiger partial charge on any atom is 0.161 e. The molecule has 5 nitrogen and oxygen atoms in total. The third kappa shape index (κ3) is 2.11. The predicted molar refractivity (Wildman–Crippen MR) is 70.2 cm³/mol. The summed E-state index contributed by atoms with van der Waals surface area (Å²) in [5.41, 5.74) is 7.78. The van der Waals surface area contributed by atoms with E-state index in [1.807, 2.05) is 18.2 Å². The topological polar surface area (TPSA) is 68.2 Å². The van der Waals surface area contributed by atoms with Crippen molar-refractivity contribution in [2.45, 2.75) is 25.8 Å². The lowest BCUT2D eigenvalue weighted by molar-refractivity contribution is 0.366. The highest BCUT2D eigenvalue weighted by Crippen LogP contribution is 2.18. The van der Waals surface area contributed by atoms with Crippen LogP contribution in [-0.2, 0) is 13.0 Å². The van der Waals surface area contributed by atoms with Crippen LogP contribution in [0.3, 0.4) is 0 Å². The Morgan fingerprint density at radius 3 is 2.89 bits per heavy atom. The van der Waals surface area contributed by atoms with Gasteiger partial charge in [0.1, 0.15) is 5.82 Å². The van der Waals surface area contributed by atoms with E-state index in [-0.39, 0.29) is 0 Å². The van der Waals surface area contributed by atoms with Crippen LogP contribution in [0.15, 0.2) is 18.2 Å². The van der Waals surface area contributed by atoms with E-state index in [0.717, 1.165) is 36.7 Å². The smallest absolute Gasteiger partial charge is 0.161 e. The molecule has 0 atom stereocenters. The van der Waals surface area contributed by atoms with E-state index in [4.69, 9.17) is 5.73 Å². The minimum atomic E-state index is 0.522. The van der Waals surface area contributed by atoms with Crippen molar-refractivity contribution in [2.24, 2.45) is 11.7 Å². The lowest BCUT2D eigenvalue weighted by Gasteiger charge is -2.21. The number of nitrogens with one attached hydrogen (secondary N) is 1. The van der Waals surface area contributed by atoms with Crippen molar-refractivity contribution in [1.29, 1.82) is 0 Å². The fourth-order valence-corrected chi connectivity index (χ4v) is 2.71. The van der Waals surface area contributed by atoms with Gasteiger partial charge in [-0.15, -0.1) is 10.2 Å². The number of piperidine rings is 1.